The van der Waals surface area contributed by atoms with Gasteiger partial charge in [-0.15, -0.1) is 0 Å². The summed E-state index contributed by atoms with van der Waals surface area (Å²) in [5.41, 5.74) is 0.333. The summed E-state index contributed by atoms with van der Waals surface area (Å²) in [5.74, 6) is 0. The summed E-state index contributed by atoms with van der Waals surface area (Å²) in [5, 5.41) is 20.3. The minimum absolute atomic E-state index is 0.0837. The van der Waals surface area contributed by atoms with E-state index >= 15 is 0 Å². The molecule has 1 heterocycles. The summed E-state index contributed by atoms with van der Waals surface area (Å²) in [6.45, 7) is 0.432. The normalized spacial score (nSPS) is 12.2. The standard InChI is InChI=1S/C10H15N3O4/c1-12(6-8(14)7-17-2)9-3-4-11-5-10(9)13(15)16/h3-5,8,14H,6-7H2,1-2H3. The molecular formula is C10H15N3O4. The number of rotatable bonds is 6. The molecule has 1 unspecified atom stereocenters. The molecule has 7 heteroatoms. The van der Waals surface area contributed by atoms with Crippen molar-refractivity contribution >= 4 is 11.4 Å². The zero-order valence-corrected chi connectivity index (χ0v) is 9.74. The van der Waals surface area contributed by atoms with Crippen LogP contribution in [0.1, 0.15) is 0 Å². The lowest BCUT2D eigenvalue weighted by molar-refractivity contribution is -0.384. The number of nitrogens with zero attached hydrogens (tertiary/aromatic N) is 3. The molecule has 17 heavy (non-hydrogen) atoms. The lowest BCUT2D eigenvalue weighted by Crippen LogP contribution is -2.32. The Bertz CT molecular complexity index is 386. The lowest BCUT2D eigenvalue weighted by Gasteiger charge is -2.21. The quantitative estimate of drug-likeness (QED) is 0.574. The van der Waals surface area contributed by atoms with Crippen molar-refractivity contribution in [2.75, 3.05) is 32.2 Å². The minimum Gasteiger partial charge on any atom is -0.389 e. The van der Waals surface area contributed by atoms with Gasteiger partial charge in [0.15, 0.2) is 0 Å². The van der Waals surface area contributed by atoms with Gasteiger partial charge in [0.1, 0.15) is 11.9 Å². The number of aliphatic hydroxyl groups is 1. The summed E-state index contributed by atoms with van der Waals surface area (Å²) in [6.07, 6.45) is 1.97. The highest BCUT2D eigenvalue weighted by Gasteiger charge is 2.18. The number of methoxy groups -OCH3 is 1. The predicted molar refractivity (Wildman–Crippen MR) is 62.0 cm³/mol. The molecule has 94 valence electrons. The fraction of sp³-hybridized carbons (Fsp3) is 0.500. The van der Waals surface area contributed by atoms with Crippen LogP contribution in [0.2, 0.25) is 0 Å². The number of pyridine rings is 1. The van der Waals surface area contributed by atoms with Crippen LogP contribution < -0.4 is 4.90 Å². The maximum absolute atomic E-state index is 10.8. The van der Waals surface area contributed by atoms with E-state index in [2.05, 4.69) is 4.98 Å². The van der Waals surface area contributed by atoms with Gasteiger partial charge in [0, 0.05) is 26.9 Å². The molecule has 1 aromatic heterocycles. The van der Waals surface area contributed by atoms with E-state index in [4.69, 9.17) is 4.74 Å². The van der Waals surface area contributed by atoms with Crippen LogP contribution in [0.3, 0.4) is 0 Å². The van der Waals surface area contributed by atoms with Gasteiger partial charge in [-0.25, -0.2) is 0 Å². The Hall–Kier alpha value is -1.73. The zero-order valence-electron chi connectivity index (χ0n) is 9.74. The molecule has 0 bridgehead atoms. The molecule has 1 rings (SSSR count). The molecule has 0 aliphatic rings. The molecular weight excluding hydrogens is 226 g/mol. The van der Waals surface area contributed by atoms with Gasteiger partial charge in [0.2, 0.25) is 0 Å². The van der Waals surface area contributed by atoms with Gasteiger partial charge in [-0.05, 0) is 6.07 Å². The van der Waals surface area contributed by atoms with Crippen molar-refractivity contribution in [3.05, 3.63) is 28.6 Å². The predicted octanol–water partition coefficient (Wildman–Crippen LogP) is 0.433. The van der Waals surface area contributed by atoms with Gasteiger partial charge in [-0.3, -0.25) is 15.1 Å². The second kappa shape index (κ2) is 6.12. The molecule has 0 spiro atoms. The van der Waals surface area contributed by atoms with Crippen LogP contribution >= 0.6 is 0 Å². The highest BCUT2D eigenvalue weighted by Crippen LogP contribution is 2.25. The van der Waals surface area contributed by atoms with E-state index in [1.807, 2.05) is 0 Å². The Labute approximate surface area is 98.8 Å². The van der Waals surface area contributed by atoms with Crippen molar-refractivity contribution < 1.29 is 14.8 Å². The number of nitro groups is 1. The highest BCUT2D eigenvalue weighted by atomic mass is 16.6. The smallest absolute Gasteiger partial charge is 0.310 e. The SMILES string of the molecule is COCC(O)CN(C)c1ccncc1[N+](=O)[O-]. The fourth-order valence-corrected chi connectivity index (χ4v) is 1.50. The average molecular weight is 241 g/mol. The molecule has 7 nitrogen and oxygen atoms in total. The number of hydrogen-bond donors (Lipinski definition) is 1. The van der Waals surface area contributed by atoms with E-state index < -0.39 is 11.0 Å². The molecule has 1 N–H and O–H groups in total. The van der Waals surface area contributed by atoms with Crippen LogP contribution in [0.4, 0.5) is 11.4 Å². The first kappa shape index (κ1) is 13.3. The van der Waals surface area contributed by atoms with Crippen LogP contribution in [0.15, 0.2) is 18.5 Å². The van der Waals surface area contributed by atoms with Gasteiger partial charge >= 0.3 is 5.69 Å². The van der Waals surface area contributed by atoms with E-state index in [0.29, 0.717) is 5.69 Å². The number of likely N-dealkylation sites (N-methyl/N-ethyl adjacent to an activating group) is 1. The molecule has 0 radical (unpaired) electrons. The van der Waals surface area contributed by atoms with Crippen molar-refractivity contribution in [2.24, 2.45) is 0 Å². The van der Waals surface area contributed by atoms with Gasteiger partial charge in [-0.1, -0.05) is 0 Å². The third-order valence-corrected chi connectivity index (χ3v) is 2.23. The van der Waals surface area contributed by atoms with Crippen molar-refractivity contribution in [2.45, 2.75) is 6.10 Å². The lowest BCUT2D eigenvalue weighted by atomic mass is 10.3. The third kappa shape index (κ3) is 3.65. The van der Waals surface area contributed by atoms with Crippen molar-refractivity contribution in [1.82, 2.24) is 4.98 Å². The van der Waals surface area contributed by atoms with E-state index in [1.54, 1.807) is 11.9 Å². The van der Waals surface area contributed by atoms with Crippen LogP contribution in [-0.4, -0.2) is 48.4 Å². The number of aromatic nitrogens is 1. The summed E-state index contributed by atoms with van der Waals surface area (Å²) < 4.78 is 4.80. The summed E-state index contributed by atoms with van der Waals surface area (Å²) in [6, 6.07) is 1.54. The fourth-order valence-electron chi connectivity index (χ4n) is 1.50. The first-order chi connectivity index (χ1) is 8.06. The van der Waals surface area contributed by atoms with Gasteiger partial charge in [-0.2, -0.15) is 0 Å². The maximum Gasteiger partial charge on any atom is 0.310 e. The van der Waals surface area contributed by atoms with E-state index in [-0.39, 0.29) is 18.8 Å². The van der Waals surface area contributed by atoms with Crippen molar-refractivity contribution in [3.63, 3.8) is 0 Å². The molecule has 0 aliphatic heterocycles. The van der Waals surface area contributed by atoms with Crippen LogP contribution in [0.25, 0.3) is 0 Å². The Balaban J connectivity index is 2.81. The second-order valence-electron chi connectivity index (χ2n) is 3.61. The van der Waals surface area contributed by atoms with Crippen LogP contribution in [0, 0.1) is 10.1 Å². The van der Waals surface area contributed by atoms with E-state index in [1.165, 1.54) is 25.6 Å². The molecule has 0 saturated heterocycles. The first-order valence-corrected chi connectivity index (χ1v) is 5.02. The Kier molecular flexibility index (Phi) is 4.80. The maximum atomic E-state index is 10.8. The summed E-state index contributed by atoms with van der Waals surface area (Å²) in [7, 11) is 3.15. The number of aliphatic hydroxyl groups excluding tert-OH is 1. The Morgan fingerprint density at radius 1 is 1.71 bits per heavy atom. The topological polar surface area (TPSA) is 88.7 Å². The molecule has 0 fully saturated rings. The van der Waals surface area contributed by atoms with Gasteiger partial charge in [0.25, 0.3) is 0 Å². The largest absolute Gasteiger partial charge is 0.389 e. The van der Waals surface area contributed by atoms with Crippen LogP contribution in [-0.2, 0) is 4.74 Å². The number of hydrogen-bond acceptors (Lipinski definition) is 6. The Morgan fingerprint density at radius 3 is 3.00 bits per heavy atom. The third-order valence-electron chi connectivity index (χ3n) is 2.23. The average Bonchev–Trinajstić information content (AvgIpc) is 2.29. The second-order valence-corrected chi connectivity index (χ2v) is 3.61. The summed E-state index contributed by atoms with van der Waals surface area (Å²) >= 11 is 0. The molecule has 1 atom stereocenters. The first-order valence-electron chi connectivity index (χ1n) is 5.02. The molecule has 0 aromatic carbocycles. The zero-order chi connectivity index (χ0) is 12.8. The molecule has 0 aliphatic carbocycles. The van der Waals surface area contributed by atoms with Gasteiger partial charge < -0.3 is 14.7 Å². The van der Waals surface area contributed by atoms with E-state index in [0.717, 1.165) is 0 Å². The monoisotopic (exact) mass is 241 g/mol. The molecule has 1 aromatic rings. The van der Waals surface area contributed by atoms with Gasteiger partial charge in [0.05, 0.1) is 17.6 Å². The highest BCUT2D eigenvalue weighted by molar-refractivity contribution is 5.61. The van der Waals surface area contributed by atoms with Crippen LogP contribution in [0.5, 0.6) is 0 Å². The minimum atomic E-state index is -0.697. The molecule has 0 saturated carbocycles. The van der Waals surface area contributed by atoms with E-state index in [9.17, 15) is 15.2 Å². The Morgan fingerprint density at radius 2 is 2.41 bits per heavy atom. The van der Waals surface area contributed by atoms with Crippen molar-refractivity contribution in [1.29, 1.82) is 0 Å². The summed E-state index contributed by atoms with van der Waals surface area (Å²) in [4.78, 5) is 15.6. The number of ether oxygens (including phenoxy) is 1. The molecule has 0 amide bonds. The van der Waals surface area contributed by atoms with Crippen molar-refractivity contribution in [3.8, 4) is 0 Å². The number of anilines is 1.